The minimum atomic E-state index is -4.00. The molecule has 2 aromatic rings. The first kappa shape index (κ1) is 16.4. The fourth-order valence-corrected chi connectivity index (χ4v) is 3.06. The van der Waals surface area contributed by atoms with Crippen LogP contribution in [0, 0.1) is 0 Å². The van der Waals surface area contributed by atoms with E-state index in [1.807, 2.05) is 0 Å². The molecule has 0 aromatic heterocycles. The predicted octanol–water partition coefficient (Wildman–Crippen LogP) is 2.57. The molecule has 0 saturated carbocycles. The first-order chi connectivity index (χ1) is 10.2. The second-order valence-electron chi connectivity index (χ2n) is 4.20. The molecule has 0 heterocycles. The Morgan fingerprint density at radius 2 is 1.77 bits per heavy atom. The van der Waals surface area contributed by atoms with Gasteiger partial charge in [0.05, 0.1) is 20.5 Å². The second kappa shape index (κ2) is 6.04. The summed E-state index contributed by atoms with van der Waals surface area (Å²) >= 11 is 11.5. The fourth-order valence-electron chi connectivity index (χ4n) is 1.62. The minimum Gasteiger partial charge on any atom is -0.872 e. The summed E-state index contributed by atoms with van der Waals surface area (Å²) in [7, 11) is -4.00. The van der Waals surface area contributed by atoms with Crippen LogP contribution in [0.3, 0.4) is 0 Å². The molecule has 2 N–H and O–H groups in total. The lowest BCUT2D eigenvalue weighted by atomic mass is 10.2. The standard InChI is InChI=1S/C13H9Cl2NO5S/c14-10-3-2-8(6-11(10)15)22(20,21)16-7-1-4-12(17)9(5-7)13(18)19/h1-6,16-17H,(H,18,19)/p-1. The topological polar surface area (TPSA) is 107 Å². The first-order valence-corrected chi connectivity index (χ1v) is 7.97. The molecule has 22 heavy (non-hydrogen) atoms. The SMILES string of the molecule is O=C(O)c1cc(NS(=O)(=O)c2ccc(Cl)c(Cl)c2)ccc1[O-]. The summed E-state index contributed by atoms with van der Waals surface area (Å²) in [6.45, 7) is 0. The zero-order valence-corrected chi connectivity index (χ0v) is 13.0. The van der Waals surface area contributed by atoms with Crippen molar-refractivity contribution in [1.29, 1.82) is 0 Å². The van der Waals surface area contributed by atoms with Crippen LogP contribution in [0.1, 0.15) is 10.4 Å². The number of aromatic carboxylic acids is 1. The summed E-state index contributed by atoms with van der Waals surface area (Å²) in [5, 5.41) is 20.5. The molecule has 0 aliphatic rings. The molecule has 0 radical (unpaired) electrons. The lowest BCUT2D eigenvalue weighted by Gasteiger charge is -2.13. The molecule has 0 saturated heterocycles. The van der Waals surface area contributed by atoms with Crippen LogP contribution in [0.2, 0.25) is 10.0 Å². The molecule has 0 fully saturated rings. The zero-order valence-electron chi connectivity index (χ0n) is 10.7. The van der Waals surface area contributed by atoms with Crippen LogP contribution in [0.4, 0.5) is 5.69 Å². The Morgan fingerprint density at radius 3 is 2.36 bits per heavy atom. The number of sulfonamides is 1. The van der Waals surface area contributed by atoms with Gasteiger partial charge in [-0.2, -0.15) is 0 Å². The monoisotopic (exact) mass is 360 g/mol. The molecule has 2 aromatic carbocycles. The summed E-state index contributed by atoms with van der Waals surface area (Å²) in [5.74, 6) is -2.16. The molecule has 0 spiro atoms. The van der Waals surface area contributed by atoms with Gasteiger partial charge in [-0.3, -0.25) is 4.72 Å². The van der Waals surface area contributed by atoms with Gasteiger partial charge in [0, 0.05) is 5.69 Å². The van der Waals surface area contributed by atoms with E-state index in [9.17, 15) is 18.3 Å². The average molecular weight is 361 g/mol. The Labute approximate surface area is 136 Å². The molecule has 6 nitrogen and oxygen atoms in total. The van der Waals surface area contributed by atoms with Crippen molar-refractivity contribution in [2.45, 2.75) is 4.90 Å². The normalized spacial score (nSPS) is 11.2. The van der Waals surface area contributed by atoms with Crippen LogP contribution in [-0.4, -0.2) is 19.5 Å². The van der Waals surface area contributed by atoms with Crippen molar-refractivity contribution >= 4 is 44.9 Å². The van der Waals surface area contributed by atoms with E-state index in [-0.39, 0.29) is 20.6 Å². The van der Waals surface area contributed by atoms with Crippen LogP contribution in [0.5, 0.6) is 5.75 Å². The largest absolute Gasteiger partial charge is 0.872 e. The summed E-state index contributed by atoms with van der Waals surface area (Å²) in [5.41, 5.74) is -0.586. The van der Waals surface area contributed by atoms with E-state index in [0.717, 1.165) is 18.2 Å². The lowest BCUT2D eigenvalue weighted by Crippen LogP contribution is -2.14. The highest BCUT2D eigenvalue weighted by Gasteiger charge is 2.16. The van der Waals surface area contributed by atoms with Gasteiger partial charge in [0.2, 0.25) is 0 Å². The Morgan fingerprint density at radius 1 is 1.09 bits per heavy atom. The van der Waals surface area contributed by atoms with Gasteiger partial charge < -0.3 is 10.2 Å². The Balaban J connectivity index is 2.38. The number of carboxylic acids is 1. The van der Waals surface area contributed by atoms with E-state index >= 15 is 0 Å². The van der Waals surface area contributed by atoms with E-state index in [2.05, 4.69) is 4.72 Å². The van der Waals surface area contributed by atoms with E-state index in [0.29, 0.717) is 0 Å². The van der Waals surface area contributed by atoms with Gasteiger partial charge in [0.15, 0.2) is 0 Å². The Hall–Kier alpha value is -1.96. The molecule has 0 atom stereocenters. The molecular weight excluding hydrogens is 353 g/mol. The zero-order chi connectivity index (χ0) is 16.5. The van der Waals surface area contributed by atoms with Crippen LogP contribution < -0.4 is 9.83 Å². The van der Waals surface area contributed by atoms with Crippen molar-refractivity contribution in [3.63, 3.8) is 0 Å². The van der Waals surface area contributed by atoms with E-state index in [1.54, 1.807) is 0 Å². The molecule has 0 aliphatic carbocycles. The van der Waals surface area contributed by atoms with Crippen molar-refractivity contribution in [2.24, 2.45) is 0 Å². The molecule has 0 bridgehead atoms. The third-order valence-electron chi connectivity index (χ3n) is 2.66. The predicted molar refractivity (Wildman–Crippen MR) is 80.1 cm³/mol. The molecule has 0 amide bonds. The summed E-state index contributed by atoms with van der Waals surface area (Å²) in [6, 6.07) is 6.81. The number of hydrogen-bond donors (Lipinski definition) is 2. The fraction of sp³-hybridized carbons (Fsp3) is 0. The number of carboxylic acid groups (broad SMARTS) is 1. The van der Waals surface area contributed by atoms with E-state index < -0.39 is 27.3 Å². The Kier molecular flexibility index (Phi) is 4.50. The van der Waals surface area contributed by atoms with Gasteiger partial charge in [-0.1, -0.05) is 35.0 Å². The lowest BCUT2D eigenvalue weighted by molar-refractivity contribution is -0.268. The van der Waals surface area contributed by atoms with Crippen LogP contribution in [0.25, 0.3) is 0 Å². The number of benzene rings is 2. The highest BCUT2D eigenvalue weighted by atomic mass is 35.5. The summed E-state index contributed by atoms with van der Waals surface area (Å²) < 4.78 is 26.6. The maximum Gasteiger partial charge on any atom is 0.335 e. The summed E-state index contributed by atoms with van der Waals surface area (Å²) in [6.07, 6.45) is 0. The van der Waals surface area contributed by atoms with Crippen LogP contribution in [0.15, 0.2) is 41.3 Å². The Bertz CT molecular complexity index is 852. The van der Waals surface area contributed by atoms with Crippen molar-refractivity contribution in [1.82, 2.24) is 0 Å². The van der Waals surface area contributed by atoms with Gasteiger partial charge in [0.1, 0.15) is 0 Å². The van der Waals surface area contributed by atoms with Crippen molar-refractivity contribution in [3.05, 3.63) is 52.0 Å². The van der Waals surface area contributed by atoms with Crippen molar-refractivity contribution < 1.29 is 23.4 Å². The highest BCUT2D eigenvalue weighted by molar-refractivity contribution is 7.92. The average Bonchev–Trinajstić information content (AvgIpc) is 2.43. The number of nitrogens with one attached hydrogen (secondary N) is 1. The molecule has 116 valence electrons. The van der Waals surface area contributed by atoms with E-state index in [1.165, 1.54) is 18.2 Å². The van der Waals surface area contributed by atoms with Gasteiger partial charge in [-0.25, -0.2) is 13.2 Å². The minimum absolute atomic E-state index is 0.0527. The molecular formula is C13H8Cl2NO5S-. The smallest absolute Gasteiger partial charge is 0.335 e. The maximum atomic E-state index is 12.2. The van der Waals surface area contributed by atoms with E-state index in [4.69, 9.17) is 28.3 Å². The number of halogens is 2. The van der Waals surface area contributed by atoms with Crippen molar-refractivity contribution in [3.8, 4) is 5.75 Å². The quantitative estimate of drug-likeness (QED) is 0.871. The third kappa shape index (κ3) is 3.44. The summed E-state index contributed by atoms with van der Waals surface area (Å²) in [4.78, 5) is 10.7. The maximum absolute atomic E-state index is 12.2. The van der Waals surface area contributed by atoms with Gasteiger partial charge in [0.25, 0.3) is 10.0 Å². The highest BCUT2D eigenvalue weighted by Crippen LogP contribution is 2.27. The van der Waals surface area contributed by atoms with Gasteiger partial charge >= 0.3 is 5.97 Å². The van der Waals surface area contributed by atoms with Crippen LogP contribution in [-0.2, 0) is 10.0 Å². The van der Waals surface area contributed by atoms with Gasteiger partial charge in [-0.05, 0) is 30.3 Å². The molecule has 0 unspecified atom stereocenters. The molecule has 9 heteroatoms. The second-order valence-corrected chi connectivity index (χ2v) is 6.69. The molecule has 2 rings (SSSR count). The van der Waals surface area contributed by atoms with Crippen molar-refractivity contribution in [2.75, 3.05) is 4.72 Å². The third-order valence-corrected chi connectivity index (χ3v) is 4.78. The van der Waals surface area contributed by atoms with Gasteiger partial charge in [-0.15, -0.1) is 0 Å². The number of hydrogen-bond acceptors (Lipinski definition) is 4. The number of rotatable bonds is 4. The number of carbonyl (C=O) groups is 1. The first-order valence-electron chi connectivity index (χ1n) is 5.73. The molecule has 0 aliphatic heterocycles. The number of anilines is 1. The van der Waals surface area contributed by atoms with Crippen LogP contribution >= 0.6 is 23.2 Å².